The maximum Gasteiger partial charge on any atom is 0.410 e. The fourth-order valence-electron chi connectivity index (χ4n) is 3.35. The van der Waals surface area contributed by atoms with Crippen LogP contribution in [0.1, 0.15) is 33.2 Å². The van der Waals surface area contributed by atoms with E-state index in [9.17, 15) is 9.18 Å². The van der Waals surface area contributed by atoms with Gasteiger partial charge in [-0.25, -0.2) is 9.18 Å². The Labute approximate surface area is 225 Å². The van der Waals surface area contributed by atoms with Crippen LogP contribution in [0.4, 0.5) is 14.9 Å². The highest BCUT2D eigenvalue weighted by molar-refractivity contribution is 7.22. The van der Waals surface area contributed by atoms with Gasteiger partial charge < -0.3 is 24.8 Å². The zero-order valence-corrected chi connectivity index (χ0v) is 21.3. The molecule has 3 aromatic heterocycles. The van der Waals surface area contributed by atoms with Crippen molar-refractivity contribution in [1.82, 2.24) is 14.9 Å². The predicted molar refractivity (Wildman–Crippen MR) is 142 cm³/mol. The first kappa shape index (κ1) is 20.3. The standard InChI is InChI=1S/C27H29FN4O4S/c1-27(2,3)36-26(33)32(11-12-34-4)16-17-5-7-20(31-15-17)24-14-21-25(37-24)23(9-10-30-21)35-22-8-6-18(29)13-19(22)28/h5-10,13-15H,11-12,16,29H2,1-4H3/i4D3,12D2. The first-order valence-electron chi connectivity index (χ1n) is 13.7. The second-order valence-corrected chi connectivity index (χ2v) is 10.1. The topological polar surface area (TPSA) is 99.8 Å². The monoisotopic (exact) mass is 529 g/mol. The van der Waals surface area contributed by atoms with E-state index in [1.807, 2.05) is 6.07 Å². The van der Waals surface area contributed by atoms with Crippen molar-refractivity contribution < 1.29 is 30.2 Å². The fraction of sp³-hybridized carbons (Fsp3) is 0.296. The Kier molecular flexibility index (Phi) is 6.09. The number of nitrogen functional groups attached to an aromatic ring is 1. The number of nitrogens with zero attached hydrogens (tertiary/aromatic N) is 3. The molecule has 0 atom stereocenters. The highest BCUT2D eigenvalue weighted by Crippen LogP contribution is 2.39. The van der Waals surface area contributed by atoms with Gasteiger partial charge in [0, 0.05) is 43.8 Å². The van der Waals surface area contributed by atoms with E-state index in [0.29, 0.717) is 27.2 Å². The number of aromatic nitrogens is 2. The van der Waals surface area contributed by atoms with Crippen LogP contribution in [0.25, 0.3) is 20.8 Å². The maximum atomic E-state index is 14.3. The molecule has 0 aliphatic rings. The number of benzene rings is 1. The largest absolute Gasteiger partial charge is 0.453 e. The van der Waals surface area contributed by atoms with Crippen LogP contribution in [0.15, 0.2) is 54.9 Å². The number of carbonyl (C=O) groups excluding carboxylic acids is 1. The third-order valence-corrected chi connectivity index (χ3v) is 6.14. The lowest BCUT2D eigenvalue weighted by atomic mass is 10.2. The summed E-state index contributed by atoms with van der Waals surface area (Å²) >= 11 is 1.35. The van der Waals surface area contributed by atoms with Gasteiger partial charge in [0.2, 0.25) is 0 Å². The highest BCUT2D eigenvalue weighted by Gasteiger charge is 2.22. The molecule has 4 aromatic rings. The lowest BCUT2D eigenvalue weighted by molar-refractivity contribution is 0.0184. The zero-order chi connectivity index (χ0) is 30.9. The van der Waals surface area contributed by atoms with Gasteiger partial charge in [0.15, 0.2) is 11.6 Å². The minimum atomic E-state index is -3.00. The van der Waals surface area contributed by atoms with Gasteiger partial charge >= 0.3 is 6.09 Å². The van der Waals surface area contributed by atoms with Gasteiger partial charge in [0.1, 0.15) is 11.4 Å². The van der Waals surface area contributed by atoms with Gasteiger partial charge in [-0.15, -0.1) is 11.3 Å². The van der Waals surface area contributed by atoms with Crippen molar-refractivity contribution in [3.63, 3.8) is 0 Å². The third-order valence-electron chi connectivity index (χ3n) is 4.98. The van der Waals surface area contributed by atoms with E-state index in [0.717, 1.165) is 9.78 Å². The number of halogens is 1. The van der Waals surface area contributed by atoms with E-state index in [1.54, 1.807) is 51.2 Å². The first-order valence-corrected chi connectivity index (χ1v) is 12.0. The van der Waals surface area contributed by atoms with Crippen molar-refractivity contribution in [2.75, 3.05) is 25.9 Å². The molecule has 0 spiro atoms. The fourth-order valence-corrected chi connectivity index (χ4v) is 4.39. The lowest BCUT2D eigenvalue weighted by Gasteiger charge is -2.27. The number of fused-ring (bicyclic) bond motifs is 1. The van der Waals surface area contributed by atoms with Crippen molar-refractivity contribution in [3.8, 4) is 22.1 Å². The van der Waals surface area contributed by atoms with Crippen LogP contribution >= 0.6 is 11.3 Å². The van der Waals surface area contributed by atoms with Crippen molar-refractivity contribution in [2.45, 2.75) is 32.9 Å². The van der Waals surface area contributed by atoms with Crippen LogP contribution < -0.4 is 10.5 Å². The van der Waals surface area contributed by atoms with E-state index in [4.69, 9.17) is 22.1 Å². The van der Waals surface area contributed by atoms with Crippen LogP contribution in [0.3, 0.4) is 0 Å². The molecule has 0 radical (unpaired) electrons. The molecule has 194 valence electrons. The van der Waals surface area contributed by atoms with Crippen LogP contribution in [-0.2, 0) is 16.0 Å². The molecule has 1 amide bonds. The quantitative estimate of drug-likeness (QED) is 0.269. The highest BCUT2D eigenvalue weighted by atomic mass is 32.1. The number of thiophene rings is 1. The second-order valence-electron chi connectivity index (χ2n) is 9.06. The van der Waals surface area contributed by atoms with Crippen molar-refractivity contribution in [3.05, 3.63) is 66.2 Å². The number of methoxy groups -OCH3 is 1. The third kappa shape index (κ3) is 6.72. The van der Waals surface area contributed by atoms with Gasteiger partial charge in [-0.2, -0.15) is 0 Å². The average Bonchev–Trinajstić information content (AvgIpc) is 3.28. The number of ether oxygens (including phenoxy) is 3. The Morgan fingerprint density at radius 1 is 1.19 bits per heavy atom. The van der Waals surface area contributed by atoms with E-state index in [-0.39, 0.29) is 18.0 Å². The number of hydrogen-bond acceptors (Lipinski definition) is 8. The molecule has 8 nitrogen and oxygen atoms in total. The maximum absolute atomic E-state index is 14.3. The molecule has 0 saturated carbocycles. The molecule has 1 aromatic carbocycles. The van der Waals surface area contributed by atoms with Crippen LogP contribution in [-0.4, -0.2) is 46.7 Å². The molecule has 0 saturated heterocycles. The predicted octanol–water partition coefficient (Wildman–Crippen LogP) is 6.26. The molecule has 10 heteroatoms. The lowest BCUT2D eigenvalue weighted by Crippen LogP contribution is -2.38. The van der Waals surface area contributed by atoms with E-state index >= 15 is 0 Å². The van der Waals surface area contributed by atoms with E-state index in [1.165, 1.54) is 29.7 Å². The molecule has 0 bridgehead atoms. The number of rotatable bonds is 8. The Morgan fingerprint density at radius 2 is 2.03 bits per heavy atom. The average molecular weight is 530 g/mol. The van der Waals surface area contributed by atoms with Gasteiger partial charge in [-0.05, 0) is 50.6 Å². The normalized spacial score (nSPS) is 14.2. The summed E-state index contributed by atoms with van der Waals surface area (Å²) < 4.78 is 68.4. The molecule has 0 aliphatic heterocycles. The molecule has 0 unspecified atom stereocenters. The SMILES string of the molecule is [2H]C([2H])([2H])OC([2H])([2H])CN(Cc1ccc(-c2cc3nccc(Oc4ccc(N)cc4F)c3s2)nc1)C(=O)OC(C)(C)C. The number of anilines is 1. The first-order chi connectivity index (χ1) is 19.5. The summed E-state index contributed by atoms with van der Waals surface area (Å²) in [5.41, 5.74) is 6.80. The summed E-state index contributed by atoms with van der Waals surface area (Å²) in [6.45, 7) is 1.50. The molecule has 37 heavy (non-hydrogen) atoms. The van der Waals surface area contributed by atoms with Gasteiger partial charge in [-0.1, -0.05) is 6.07 Å². The molecular weight excluding hydrogens is 495 g/mol. The minimum absolute atomic E-state index is 0.0253. The smallest absolute Gasteiger partial charge is 0.410 e. The zero-order valence-electron chi connectivity index (χ0n) is 25.4. The second kappa shape index (κ2) is 11.1. The Bertz CT molecular complexity index is 1580. The summed E-state index contributed by atoms with van der Waals surface area (Å²) in [5, 5.41) is 0. The number of carbonyl (C=O) groups is 1. The number of pyridine rings is 2. The summed E-state index contributed by atoms with van der Waals surface area (Å²) in [6, 6.07) is 11.1. The number of hydrogen-bond donors (Lipinski definition) is 1. The minimum Gasteiger partial charge on any atom is -0.453 e. The van der Waals surface area contributed by atoms with Gasteiger partial charge in [0.25, 0.3) is 0 Å². The van der Waals surface area contributed by atoms with Crippen LogP contribution in [0.5, 0.6) is 11.5 Å². The van der Waals surface area contributed by atoms with Gasteiger partial charge in [0.05, 0.1) is 40.7 Å². The number of nitrogens with two attached hydrogens (primary N) is 1. The Balaban J connectivity index is 1.56. The Hall–Kier alpha value is -3.76. The molecule has 3 heterocycles. The van der Waals surface area contributed by atoms with Crippen molar-refractivity contribution in [1.29, 1.82) is 0 Å². The molecule has 4 rings (SSSR count). The van der Waals surface area contributed by atoms with E-state index in [2.05, 4.69) is 14.7 Å². The molecule has 0 aliphatic carbocycles. The molecule has 2 N–H and O–H groups in total. The number of amides is 1. The summed E-state index contributed by atoms with van der Waals surface area (Å²) in [6.07, 6.45) is 2.23. The van der Waals surface area contributed by atoms with E-state index < -0.39 is 37.7 Å². The summed E-state index contributed by atoms with van der Waals surface area (Å²) in [5.74, 6) is -0.150. The summed E-state index contributed by atoms with van der Waals surface area (Å²) in [7, 11) is -3.00. The summed E-state index contributed by atoms with van der Waals surface area (Å²) in [4.78, 5) is 23.5. The molecular formula is C27H29FN4O4S. The van der Waals surface area contributed by atoms with Crippen molar-refractivity contribution in [2.24, 2.45) is 0 Å². The molecule has 0 fully saturated rings. The van der Waals surface area contributed by atoms with Crippen LogP contribution in [0, 0.1) is 5.82 Å². The van der Waals surface area contributed by atoms with Crippen LogP contribution in [0.2, 0.25) is 0 Å². The van der Waals surface area contributed by atoms with Crippen molar-refractivity contribution >= 4 is 33.3 Å². The Morgan fingerprint density at radius 3 is 2.73 bits per heavy atom. The van der Waals surface area contributed by atoms with Gasteiger partial charge in [-0.3, -0.25) is 9.97 Å².